The molecule has 2 aromatic rings. The number of hydrogen-bond acceptors (Lipinski definition) is 8. The maximum absolute atomic E-state index is 12.9. The summed E-state index contributed by atoms with van der Waals surface area (Å²) in [5.41, 5.74) is 1.85. The van der Waals surface area contributed by atoms with Gasteiger partial charge >= 0.3 is 6.03 Å². The first-order valence-corrected chi connectivity index (χ1v) is 9.52. The number of hydrogen-bond donors (Lipinski definition) is 1. The zero-order valence-corrected chi connectivity index (χ0v) is 16.9. The van der Waals surface area contributed by atoms with Crippen LogP contribution in [0.1, 0.15) is 29.0 Å². The van der Waals surface area contributed by atoms with Crippen molar-refractivity contribution in [1.29, 1.82) is 0 Å². The molecule has 0 radical (unpaired) electrons. The molecule has 1 fully saturated rings. The van der Waals surface area contributed by atoms with E-state index in [-0.39, 0.29) is 31.4 Å². The van der Waals surface area contributed by atoms with Crippen LogP contribution in [0.15, 0.2) is 24.4 Å². The Morgan fingerprint density at radius 1 is 1.41 bits per heavy atom. The van der Waals surface area contributed by atoms with Crippen molar-refractivity contribution in [3.8, 4) is 5.88 Å². The second-order valence-corrected chi connectivity index (χ2v) is 7.18. The van der Waals surface area contributed by atoms with E-state index >= 15 is 0 Å². The molecule has 4 rings (SSSR count). The minimum atomic E-state index is -0.845. The van der Waals surface area contributed by atoms with Gasteiger partial charge in [-0.2, -0.15) is 14.4 Å². The maximum Gasteiger partial charge on any atom is 0.346 e. The Morgan fingerprint density at radius 2 is 2.21 bits per heavy atom. The Balaban J connectivity index is 1.76. The zero-order valence-electron chi connectivity index (χ0n) is 16.1. The lowest BCUT2D eigenvalue weighted by Gasteiger charge is -2.32. The molecule has 154 valence electrons. The standard InChI is InChI=1S/C17H20N6O5S/c1-20(2)16(24)15-14-13(11-8-22(15)17(25)23(11)28-29-26)10(19-21(14)3)9-27-12-6-4-5-7-18-12/h4-7,11,15,26H,8-9H2,1-3H3. The highest BCUT2D eigenvalue weighted by Crippen LogP contribution is 2.46. The lowest BCUT2D eigenvalue weighted by molar-refractivity contribution is -0.134. The van der Waals surface area contributed by atoms with Crippen molar-refractivity contribution in [2.24, 2.45) is 7.05 Å². The van der Waals surface area contributed by atoms with Crippen molar-refractivity contribution < 1.29 is 23.2 Å². The first-order valence-electron chi connectivity index (χ1n) is 8.82. The summed E-state index contributed by atoms with van der Waals surface area (Å²) in [6.07, 6.45) is 1.62. The number of carbonyl (C=O) groups excluding carboxylic acids is 2. The van der Waals surface area contributed by atoms with Gasteiger partial charge in [-0.25, -0.2) is 9.78 Å². The quantitative estimate of drug-likeness (QED) is 0.697. The molecule has 4 heterocycles. The normalized spacial score (nSPS) is 20.1. The van der Waals surface area contributed by atoms with Crippen molar-refractivity contribution in [2.75, 3.05) is 20.6 Å². The highest BCUT2D eigenvalue weighted by Gasteiger charge is 2.54. The summed E-state index contributed by atoms with van der Waals surface area (Å²) in [5.74, 6) is 0.184. The highest BCUT2D eigenvalue weighted by atomic mass is 32.2. The molecule has 0 spiro atoms. The topological polar surface area (TPSA) is 113 Å². The fourth-order valence-electron chi connectivity index (χ4n) is 3.76. The Bertz CT molecular complexity index is 936. The molecule has 2 aliphatic heterocycles. The number of urea groups is 1. The Kier molecular flexibility index (Phi) is 5.06. The van der Waals surface area contributed by atoms with Gasteiger partial charge in [0, 0.05) is 39.0 Å². The number of aryl methyl sites for hydroxylation is 1. The number of fused-ring (bicyclic) bond motifs is 4. The molecule has 2 aromatic heterocycles. The number of aromatic nitrogens is 3. The van der Waals surface area contributed by atoms with Crippen molar-refractivity contribution in [1.82, 2.24) is 29.6 Å². The summed E-state index contributed by atoms with van der Waals surface area (Å²) in [6, 6.07) is 3.45. The molecule has 2 unspecified atom stereocenters. The number of carbonyl (C=O) groups is 2. The molecule has 11 nitrogen and oxygen atoms in total. The van der Waals surface area contributed by atoms with Crippen LogP contribution in [0.4, 0.5) is 4.79 Å². The number of nitrogens with zero attached hydrogens (tertiary/aromatic N) is 6. The van der Waals surface area contributed by atoms with Crippen LogP contribution in [0.2, 0.25) is 0 Å². The third kappa shape index (κ3) is 3.18. The fraction of sp³-hybridized carbons (Fsp3) is 0.412. The summed E-state index contributed by atoms with van der Waals surface area (Å²) in [5, 5.41) is 5.61. The van der Waals surface area contributed by atoms with Crippen molar-refractivity contribution >= 4 is 24.3 Å². The number of hydroxylamine groups is 2. The van der Waals surface area contributed by atoms with E-state index in [1.807, 2.05) is 6.07 Å². The number of rotatable bonds is 6. The SMILES string of the molecule is CN(C)C(=O)C1c2c(c(COc3ccccn3)nn2C)C2CN1C(=O)N2OSO. The first kappa shape index (κ1) is 19.5. The van der Waals surface area contributed by atoms with E-state index in [9.17, 15) is 9.59 Å². The predicted molar refractivity (Wildman–Crippen MR) is 101 cm³/mol. The fourth-order valence-corrected chi connectivity index (χ4v) is 4.00. The third-order valence-electron chi connectivity index (χ3n) is 4.98. The molecule has 2 aliphatic rings. The molecule has 3 amide bonds. The smallest absolute Gasteiger partial charge is 0.346 e. The van der Waals surface area contributed by atoms with E-state index in [2.05, 4.69) is 10.1 Å². The molecule has 2 bridgehead atoms. The number of amides is 3. The van der Waals surface area contributed by atoms with Crippen molar-refractivity contribution in [2.45, 2.75) is 18.7 Å². The number of likely N-dealkylation sites (N-methyl/N-ethyl adjacent to an activating group) is 1. The van der Waals surface area contributed by atoms with Gasteiger partial charge in [0.15, 0.2) is 18.4 Å². The van der Waals surface area contributed by atoms with Gasteiger partial charge in [-0.05, 0) is 6.07 Å². The summed E-state index contributed by atoms with van der Waals surface area (Å²) in [4.78, 5) is 32.8. The lowest BCUT2D eigenvalue weighted by Crippen LogP contribution is -2.43. The summed E-state index contributed by atoms with van der Waals surface area (Å²) in [6.45, 7) is 0.340. The van der Waals surface area contributed by atoms with Gasteiger partial charge in [-0.15, -0.1) is 0 Å². The van der Waals surface area contributed by atoms with E-state index in [0.29, 0.717) is 22.8 Å². The average Bonchev–Trinajstić information content (AvgIpc) is 3.18. The van der Waals surface area contributed by atoms with E-state index in [1.54, 1.807) is 44.2 Å². The number of ether oxygens (including phenoxy) is 1. The van der Waals surface area contributed by atoms with Crippen LogP contribution in [-0.2, 0) is 22.7 Å². The molecular weight excluding hydrogens is 400 g/mol. The zero-order chi connectivity index (χ0) is 20.7. The van der Waals surface area contributed by atoms with Crippen LogP contribution >= 0.6 is 12.3 Å². The van der Waals surface area contributed by atoms with Crippen molar-refractivity contribution in [3.63, 3.8) is 0 Å². The second kappa shape index (κ2) is 7.54. The van der Waals surface area contributed by atoms with E-state index in [4.69, 9.17) is 13.6 Å². The molecule has 29 heavy (non-hydrogen) atoms. The van der Waals surface area contributed by atoms with Crippen LogP contribution in [0, 0.1) is 0 Å². The molecule has 0 saturated carbocycles. The summed E-state index contributed by atoms with van der Waals surface area (Å²) < 4.78 is 21.6. The van der Waals surface area contributed by atoms with Crippen LogP contribution in [0.3, 0.4) is 0 Å². The molecule has 0 aliphatic carbocycles. The minimum absolute atomic E-state index is 0.0797. The van der Waals surface area contributed by atoms with E-state index in [1.165, 1.54) is 9.80 Å². The van der Waals surface area contributed by atoms with Gasteiger partial charge in [0.2, 0.25) is 5.88 Å². The molecule has 2 atom stereocenters. The largest absolute Gasteiger partial charge is 0.471 e. The molecule has 12 heteroatoms. The predicted octanol–water partition coefficient (Wildman–Crippen LogP) is 1.37. The summed E-state index contributed by atoms with van der Waals surface area (Å²) in [7, 11) is 4.99. The van der Waals surface area contributed by atoms with Gasteiger partial charge in [0.25, 0.3) is 5.91 Å². The van der Waals surface area contributed by atoms with Gasteiger partial charge in [0.1, 0.15) is 18.3 Å². The molecule has 1 saturated heterocycles. The first-order chi connectivity index (χ1) is 13.9. The van der Waals surface area contributed by atoms with Crippen LogP contribution in [-0.4, -0.2) is 66.8 Å². The third-order valence-corrected chi connectivity index (χ3v) is 5.21. The molecular formula is C17H20N6O5S. The van der Waals surface area contributed by atoms with Gasteiger partial charge in [-0.3, -0.25) is 9.48 Å². The average molecular weight is 420 g/mol. The molecule has 0 aromatic carbocycles. The minimum Gasteiger partial charge on any atom is -0.471 e. The Morgan fingerprint density at radius 3 is 2.86 bits per heavy atom. The van der Waals surface area contributed by atoms with Crippen LogP contribution < -0.4 is 4.74 Å². The van der Waals surface area contributed by atoms with Crippen LogP contribution in [0.25, 0.3) is 0 Å². The second-order valence-electron chi connectivity index (χ2n) is 6.89. The number of pyridine rings is 1. The van der Waals surface area contributed by atoms with Gasteiger partial charge < -0.3 is 19.1 Å². The lowest BCUT2D eigenvalue weighted by atomic mass is 9.94. The Hall–Kier alpha value is -2.83. The van der Waals surface area contributed by atoms with Crippen LogP contribution in [0.5, 0.6) is 5.88 Å². The van der Waals surface area contributed by atoms with Crippen molar-refractivity contribution in [3.05, 3.63) is 41.3 Å². The maximum atomic E-state index is 12.9. The Labute approximate surface area is 171 Å². The van der Waals surface area contributed by atoms with E-state index < -0.39 is 18.1 Å². The summed E-state index contributed by atoms with van der Waals surface area (Å²) >= 11 is 0.0797. The highest BCUT2D eigenvalue weighted by molar-refractivity contribution is 7.88. The van der Waals surface area contributed by atoms with Gasteiger partial charge in [0.05, 0.1) is 12.2 Å². The van der Waals surface area contributed by atoms with E-state index in [0.717, 1.165) is 5.06 Å². The van der Waals surface area contributed by atoms with Gasteiger partial charge in [-0.1, -0.05) is 6.07 Å². The molecule has 1 N–H and O–H groups in total. The monoisotopic (exact) mass is 420 g/mol.